The molecule has 10 heteroatoms. The van der Waals surface area contributed by atoms with Crippen molar-refractivity contribution < 1.29 is 74.4 Å². The Kier molecular flexibility index (Phi) is 12.6. The van der Waals surface area contributed by atoms with Gasteiger partial charge in [-0.15, -0.1) is 0 Å². The summed E-state index contributed by atoms with van der Waals surface area (Å²) in [4.78, 5) is -0.429. The maximum atomic E-state index is 10.5. The first kappa shape index (κ1) is 27.6. The van der Waals surface area contributed by atoms with E-state index in [9.17, 15) is 25.9 Å². The van der Waals surface area contributed by atoms with Gasteiger partial charge in [-0.05, 0) is 35.4 Å². The molecule has 0 aliphatic rings. The molecular weight excluding hydrogens is 382 g/mol. The van der Waals surface area contributed by atoms with E-state index >= 15 is 0 Å². The van der Waals surface area contributed by atoms with Gasteiger partial charge in [-0.3, -0.25) is 0 Å². The van der Waals surface area contributed by atoms with Crippen LogP contribution in [0.4, 0.5) is 0 Å². The van der Waals surface area contributed by atoms with Gasteiger partial charge in [0, 0.05) is 0 Å². The van der Waals surface area contributed by atoms with E-state index in [-0.39, 0.29) is 58.2 Å². The molecule has 0 spiro atoms. The monoisotopic (exact) mass is 396 g/mol. The molecule has 26 heavy (non-hydrogen) atoms. The van der Waals surface area contributed by atoms with Gasteiger partial charge in [-0.2, -0.15) is 0 Å². The zero-order valence-corrected chi connectivity index (χ0v) is 18.1. The Labute approximate surface area is 188 Å². The van der Waals surface area contributed by atoms with Crippen LogP contribution < -0.4 is 48.4 Å². The standard InChI is InChI=1S/2C8H8O3S.Li.Na/c2*1-2-7-3-5-8(6-4-7)12(9,10)11;;/h2*2-6H,1H2,(H,9,10,11);;/q;;2*+1/p-2. The summed E-state index contributed by atoms with van der Waals surface area (Å²) >= 11 is 0. The minimum atomic E-state index is -4.31. The molecule has 0 aromatic heterocycles. The average Bonchev–Trinajstić information content (AvgIpc) is 2.54. The molecule has 0 bridgehead atoms. The SMILES string of the molecule is C=Cc1ccc(S(=O)(=O)[O-])cc1.C=Cc1ccc(S(=O)(=O)[O-])cc1.[Li+].[Na+]. The Hall–Kier alpha value is -0.663. The molecule has 2 aromatic rings. The molecule has 0 N–H and O–H groups in total. The molecule has 0 amide bonds. The number of hydrogen-bond donors (Lipinski definition) is 0. The fraction of sp³-hybridized carbons (Fsp3) is 0. The van der Waals surface area contributed by atoms with Crippen LogP contribution in [0.3, 0.4) is 0 Å². The predicted octanol–water partition coefficient (Wildman–Crippen LogP) is -3.52. The van der Waals surface area contributed by atoms with Crippen molar-refractivity contribution in [2.45, 2.75) is 9.79 Å². The van der Waals surface area contributed by atoms with E-state index in [1.165, 1.54) is 48.5 Å². The average molecular weight is 396 g/mol. The zero-order valence-electron chi connectivity index (χ0n) is 14.5. The molecule has 0 atom stereocenters. The van der Waals surface area contributed by atoms with Crippen LogP contribution in [-0.2, 0) is 20.2 Å². The Morgan fingerprint density at radius 1 is 0.654 bits per heavy atom. The van der Waals surface area contributed by atoms with Crippen LogP contribution in [0.15, 0.2) is 71.5 Å². The zero-order chi connectivity index (χ0) is 18.4. The fourth-order valence-electron chi connectivity index (χ4n) is 1.54. The van der Waals surface area contributed by atoms with Crippen LogP contribution in [-0.4, -0.2) is 25.9 Å². The van der Waals surface area contributed by atoms with Gasteiger partial charge in [-0.25, -0.2) is 16.8 Å². The summed E-state index contributed by atoms with van der Waals surface area (Å²) in [5, 5.41) is 0. The summed E-state index contributed by atoms with van der Waals surface area (Å²) in [5.74, 6) is 0. The first-order chi connectivity index (χ1) is 11.1. The first-order valence-corrected chi connectivity index (χ1v) is 9.26. The maximum Gasteiger partial charge on any atom is 1.00 e. The minimum Gasteiger partial charge on any atom is -0.744 e. The van der Waals surface area contributed by atoms with E-state index in [4.69, 9.17) is 0 Å². The van der Waals surface area contributed by atoms with Gasteiger partial charge >= 0.3 is 48.4 Å². The Bertz CT molecular complexity index is 842. The van der Waals surface area contributed by atoms with Gasteiger partial charge < -0.3 is 9.11 Å². The van der Waals surface area contributed by atoms with Crippen molar-refractivity contribution >= 4 is 32.4 Å². The minimum absolute atomic E-state index is 0. The number of rotatable bonds is 4. The van der Waals surface area contributed by atoms with Crippen molar-refractivity contribution in [3.8, 4) is 0 Å². The summed E-state index contributed by atoms with van der Waals surface area (Å²) in [5.41, 5.74) is 1.56. The Morgan fingerprint density at radius 3 is 1.04 bits per heavy atom. The van der Waals surface area contributed by atoms with Crippen molar-refractivity contribution in [2.24, 2.45) is 0 Å². The Balaban J connectivity index is 0. The van der Waals surface area contributed by atoms with Crippen molar-refractivity contribution in [1.82, 2.24) is 0 Å². The van der Waals surface area contributed by atoms with Crippen molar-refractivity contribution in [3.63, 3.8) is 0 Å². The topological polar surface area (TPSA) is 114 Å². The number of benzene rings is 2. The second-order valence-corrected chi connectivity index (χ2v) is 7.21. The normalized spacial score (nSPS) is 10.2. The van der Waals surface area contributed by atoms with Gasteiger partial charge in [0.25, 0.3) is 0 Å². The molecule has 0 heterocycles. The summed E-state index contributed by atoms with van der Waals surface area (Å²) in [6.45, 7) is 6.99. The largest absolute Gasteiger partial charge is 1.00 e. The van der Waals surface area contributed by atoms with Crippen LogP contribution in [0.5, 0.6) is 0 Å². The van der Waals surface area contributed by atoms with Crippen molar-refractivity contribution in [2.75, 3.05) is 0 Å². The summed E-state index contributed by atoms with van der Waals surface area (Å²) in [6.07, 6.45) is 3.14. The van der Waals surface area contributed by atoms with Crippen LogP contribution in [0.25, 0.3) is 12.2 Å². The third-order valence-corrected chi connectivity index (χ3v) is 4.51. The van der Waals surface area contributed by atoms with E-state index in [1.807, 2.05) is 0 Å². The molecule has 6 nitrogen and oxygen atoms in total. The van der Waals surface area contributed by atoms with E-state index < -0.39 is 20.2 Å². The molecule has 2 rings (SSSR count). The molecule has 0 aliphatic heterocycles. The smallest absolute Gasteiger partial charge is 0.744 e. The van der Waals surface area contributed by atoms with Crippen LogP contribution in [0, 0.1) is 0 Å². The van der Waals surface area contributed by atoms with E-state index in [1.54, 1.807) is 12.2 Å². The molecule has 0 fully saturated rings. The van der Waals surface area contributed by atoms with Crippen LogP contribution in [0.1, 0.15) is 11.1 Å². The Morgan fingerprint density at radius 2 is 0.885 bits per heavy atom. The summed E-state index contributed by atoms with van der Waals surface area (Å²) in [7, 11) is -8.62. The van der Waals surface area contributed by atoms with Gasteiger partial charge in [0.1, 0.15) is 20.2 Å². The quantitative estimate of drug-likeness (QED) is 0.391. The molecule has 0 saturated heterocycles. The van der Waals surface area contributed by atoms with Crippen molar-refractivity contribution in [3.05, 3.63) is 72.8 Å². The van der Waals surface area contributed by atoms with Gasteiger partial charge in [0.2, 0.25) is 0 Å². The number of hydrogen-bond acceptors (Lipinski definition) is 6. The summed E-state index contributed by atoms with van der Waals surface area (Å²) in [6, 6.07) is 11.2. The first-order valence-electron chi connectivity index (χ1n) is 6.44. The van der Waals surface area contributed by atoms with Gasteiger partial charge in [0.05, 0.1) is 9.79 Å². The molecule has 2 aromatic carbocycles. The predicted molar refractivity (Wildman–Crippen MR) is 89.0 cm³/mol. The van der Waals surface area contributed by atoms with E-state index in [2.05, 4.69) is 13.2 Å². The third kappa shape index (κ3) is 9.32. The van der Waals surface area contributed by atoms with Gasteiger partial charge in [0.15, 0.2) is 0 Å². The second-order valence-electron chi connectivity index (χ2n) is 4.45. The second kappa shape index (κ2) is 11.9. The van der Waals surface area contributed by atoms with E-state index in [0.29, 0.717) is 0 Å². The summed E-state index contributed by atoms with van der Waals surface area (Å²) < 4.78 is 62.7. The third-order valence-electron chi connectivity index (χ3n) is 2.81. The molecule has 0 aliphatic carbocycles. The molecule has 0 unspecified atom stereocenters. The molecule has 128 valence electrons. The fourth-order valence-corrected chi connectivity index (χ4v) is 2.48. The van der Waals surface area contributed by atoms with Gasteiger partial charge in [-0.1, -0.05) is 49.6 Å². The van der Waals surface area contributed by atoms with E-state index in [0.717, 1.165) is 11.1 Å². The maximum absolute atomic E-state index is 10.5. The van der Waals surface area contributed by atoms with Crippen LogP contribution >= 0.6 is 0 Å². The molecule has 0 saturated carbocycles. The van der Waals surface area contributed by atoms with Crippen LogP contribution in [0.2, 0.25) is 0 Å². The molecule has 0 radical (unpaired) electrons. The molecular formula is C16H14LiNaO6S2. The van der Waals surface area contributed by atoms with Crippen molar-refractivity contribution in [1.29, 1.82) is 0 Å².